The Morgan fingerprint density at radius 3 is 2.50 bits per heavy atom. The molecule has 0 unspecified atom stereocenters. The third-order valence-electron chi connectivity index (χ3n) is 5.03. The topological polar surface area (TPSA) is 58.1 Å². The Hall–Kier alpha value is -2.43. The fourth-order valence-electron chi connectivity index (χ4n) is 3.66. The first-order chi connectivity index (χ1) is 12.5. The Morgan fingerprint density at radius 2 is 1.81 bits per heavy atom. The van der Waals surface area contributed by atoms with Gasteiger partial charge in [0.25, 0.3) is 0 Å². The van der Waals surface area contributed by atoms with Crippen LogP contribution in [-0.2, 0) is 17.6 Å². The first-order valence-corrected chi connectivity index (χ1v) is 9.47. The average molecular weight is 352 g/mol. The number of aromatic nitrogens is 2. The first-order valence-electron chi connectivity index (χ1n) is 9.47. The van der Waals surface area contributed by atoms with Gasteiger partial charge in [0.15, 0.2) is 0 Å². The Kier molecular flexibility index (Phi) is 5.55. The van der Waals surface area contributed by atoms with Crippen LogP contribution < -0.4 is 10.2 Å². The molecule has 0 bridgehead atoms. The third-order valence-corrected chi connectivity index (χ3v) is 5.03. The number of hydrogen-bond acceptors (Lipinski definition) is 4. The van der Waals surface area contributed by atoms with E-state index in [4.69, 9.17) is 0 Å². The molecule has 1 aliphatic rings. The van der Waals surface area contributed by atoms with Crippen LogP contribution >= 0.6 is 0 Å². The maximum absolute atomic E-state index is 12.7. The van der Waals surface area contributed by atoms with E-state index < -0.39 is 0 Å². The number of carbonyl (C=O) groups is 1. The fraction of sp³-hybridized carbons (Fsp3) is 0.476. The second-order valence-electron chi connectivity index (χ2n) is 7.06. The highest BCUT2D eigenvalue weighted by atomic mass is 16.2. The van der Waals surface area contributed by atoms with Crippen molar-refractivity contribution in [3.63, 3.8) is 0 Å². The number of benzene rings is 1. The zero-order valence-electron chi connectivity index (χ0n) is 16.2. The monoisotopic (exact) mass is 352 g/mol. The smallest absolute Gasteiger partial charge is 0.243 e. The van der Waals surface area contributed by atoms with E-state index in [0.717, 1.165) is 53.5 Å². The predicted molar refractivity (Wildman–Crippen MR) is 106 cm³/mol. The van der Waals surface area contributed by atoms with Gasteiger partial charge in [-0.1, -0.05) is 18.2 Å². The van der Waals surface area contributed by atoms with Gasteiger partial charge in [-0.15, -0.1) is 0 Å². The molecule has 0 radical (unpaired) electrons. The summed E-state index contributed by atoms with van der Waals surface area (Å²) in [6.07, 6.45) is 4.36. The highest BCUT2D eigenvalue weighted by Crippen LogP contribution is 2.28. The zero-order valence-corrected chi connectivity index (χ0v) is 16.2. The number of hydrogen-bond donors (Lipinski definition) is 1. The van der Waals surface area contributed by atoms with Gasteiger partial charge in [0.2, 0.25) is 5.91 Å². The Labute approximate surface area is 155 Å². The highest BCUT2D eigenvalue weighted by Gasteiger charge is 2.22. The van der Waals surface area contributed by atoms with E-state index in [-0.39, 0.29) is 5.91 Å². The summed E-state index contributed by atoms with van der Waals surface area (Å²) in [7, 11) is 0. The summed E-state index contributed by atoms with van der Waals surface area (Å²) >= 11 is 0. The molecule has 1 aromatic carbocycles. The summed E-state index contributed by atoms with van der Waals surface area (Å²) in [5.41, 5.74) is 5.46. The van der Waals surface area contributed by atoms with Crippen molar-refractivity contribution in [3.8, 4) is 0 Å². The van der Waals surface area contributed by atoms with Crippen molar-refractivity contribution in [1.29, 1.82) is 0 Å². The Bertz CT molecular complexity index is 796. The third kappa shape index (κ3) is 3.87. The van der Waals surface area contributed by atoms with Crippen molar-refractivity contribution >= 4 is 17.4 Å². The predicted octanol–water partition coefficient (Wildman–Crippen LogP) is 3.75. The minimum atomic E-state index is -0.00919. The molecule has 5 heteroatoms. The van der Waals surface area contributed by atoms with Gasteiger partial charge < -0.3 is 10.2 Å². The summed E-state index contributed by atoms with van der Waals surface area (Å²) in [6.45, 7) is 9.08. The molecule has 138 valence electrons. The van der Waals surface area contributed by atoms with E-state index in [1.165, 1.54) is 18.4 Å². The van der Waals surface area contributed by atoms with Crippen LogP contribution in [0.25, 0.3) is 0 Å². The van der Waals surface area contributed by atoms with E-state index in [1.807, 2.05) is 39.0 Å². The normalized spacial score (nSPS) is 13.2. The lowest BCUT2D eigenvalue weighted by Crippen LogP contribution is -2.35. The van der Waals surface area contributed by atoms with Gasteiger partial charge in [-0.05, 0) is 64.5 Å². The summed E-state index contributed by atoms with van der Waals surface area (Å²) in [5, 5.41) is 3.08. The Morgan fingerprint density at radius 1 is 1.12 bits per heavy atom. The quantitative estimate of drug-likeness (QED) is 0.890. The van der Waals surface area contributed by atoms with Crippen LogP contribution in [0.5, 0.6) is 0 Å². The van der Waals surface area contributed by atoms with Gasteiger partial charge in [-0.25, -0.2) is 9.97 Å². The number of nitrogens with one attached hydrogen (secondary N) is 1. The molecule has 0 fully saturated rings. The van der Waals surface area contributed by atoms with E-state index in [1.54, 1.807) is 0 Å². The number of rotatable bonds is 5. The number of fused-ring (bicyclic) bond motifs is 1. The molecule has 1 N–H and O–H groups in total. The fourth-order valence-corrected chi connectivity index (χ4v) is 3.66. The molecule has 0 saturated heterocycles. The van der Waals surface area contributed by atoms with Crippen LogP contribution in [0.4, 0.5) is 11.5 Å². The Balaban J connectivity index is 1.82. The molecule has 2 aromatic rings. The lowest BCUT2D eigenvalue weighted by atomic mass is 9.96. The SMILES string of the molecule is CCN(CC(=O)Nc1c(C)cccc1C)c1nc(C)nc2c1CCCC2. The number of nitrogens with zero attached hydrogens (tertiary/aromatic N) is 3. The summed E-state index contributed by atoms with van der Waals surface area (Å²) < 4.78 is 0. The van der Waals surface area contributed by atoms with Crippen LogP contribution in [0, 0.1) is 20.8 Å². The van der Waals surface area contributed by atoms with Crippen LogP contribution in [0.15, 0.2) is 18.2 Å². The molecule has 3 rings (SSSR count). The second kappa shape index (κ2) is 7.85. The number of likely N-dealkylation sites (N-methyl/N-ethyl adjacent to an activating group) is 1. The number of anilines is 2. The van der Waals surface area contributed by atoms with Crippen molar-refractivity contribution in [2.75, 3.05) is 23.3 Å². The number of amides is 1. The summed E-state index contributed by atoms with van der Waals surface area (Å²) in [6, 6.07) is 6.04. The van der Waals surface area contributed by atoms with Crippen molar-refractivity contribution in [2.24, 2.45) is 0 Å². The van der Waals surface area contributed by atoms with Crippen molar-refractivity contribution in [2.45, 2.75) is 53.4 Å². The van der Waals surface area contributed by atoms with Crippen LogP contribution in [0.2, 0.25) is 0 Å². The highest BCUT2D eigenvalue weighted by molar-refractivity contribution is 5.95. The number of carbonyl (C=O) groups excluding carboxylic acids is 1. The lowest BCUT2D eigenvalue weighted by molar-refractivity contribution is -0.115. The zero-order chi connectivity index (χ0) is 18.7. The van der Waals surface area contributed by atoms with E-state index >= 15 is 0 Å². The van der Waals surface area contributed by atoms with Gasteiger partial charge in [-0.2, -0.15) is 0 Å². The minimum Gasteiger partial charge on any atom is -0.347 e. The molecule has 0 atom stereocenters. The first kappa shape index (κ1) is 18.4. The maximum atomic E-state index is 12.7. The largest absolute Gasteiger partial charge is 0.347 e. The second-order valence-corrected chi connectivity index (χ2v) is 7.06. The van der Waals surface area contributed by atoms with Gasteiger partial charge in [-0.3, -0.25) is 4.79 Å². The lowest BCUT2D eigenvalue weighted by Gasteiger charge is -2.27. The van der Waals surface area contributed by atoms with Crippen molar-refractivity contribution in [3.05, 3.63) is 46.4 Å². The molecular weight excluding hydrogens is 324 g/mol. The minimum absolute atomic E-state index is 0.00919. The van der Waals surface area contributed by atoms with E-state index in [0.29, 0.717) is 6.54 Å². The van der Waals surface area contributed by atoms with Crippen LogP contribution in [-0.4, -0.2) is 29.0 Å². The average Bonchev–Trinajstić information content (AvgIpc) is 2.62. The van der Waals surface area contributed by atoms with Gasteiger partial charge >= 0.3 is 0 Å². The van der Waals surface area contributed by atoms with Crippen LogP contribution in [0.1, 0.15) is 48.0 Å². The van der Waals surface area contributed by atoms with E-state index in [2.05, 4.69) is 27.1 Å². The standard InChI is InChI=1S/C21H28N4O/c1-5-25(13-19(26)24-20-14(2)9-8-10-15(20)3)21-17-11-6-7-12-18(17)22-16(4)23-21/h8-10H,5-7,11-13H2,1-4H3,(H,24,26). The molecule has 1 amide bonds. The van der Waals surface area contributed by atoms with Gasteiger partial charge in [0.05, 0.1) is 6.54 Å². The number of aryl methyl sites for hydroxylation is 4. The molecule has 1 aromatic heterocycles. The van der Waals surface area contributed by atoms with Crippen molar-refractivity contribution < 1.29 is 4.79 Å². The summed E-state index contributed by atoms with van der Waals surface area (Å²) in [4.78, 5) is 24.1. The molecule has 0 spiro atoms. The van der Waals surface area contributed by atoms with E-state index in [9.17, 15) is 4.79 Å². The molecule has 1 heterocycles. The molecule has 26 heavy (non-hydrogen) atoms. The number of para-hydroxylation sites is 1. The van der Waals surface area contributed by atoms with Crippen molar-refractivity contribution in [1.82, 2.24) is 9.97 Å². The van der Waals surface area contributed by atoms with Crippen LogP contribution in [0.3, 0.4) is 0 Å². The maximum Gasteiger partial charge on any atom is 0.243 e. The molecule has 0 aliphatic heterocycles. The molecular formula is C21H28N4O. The molecule has 0 saturated carbocycles. The van der Waals surface area contributed by atoms with Gasteiger partial charge in [0.1, 0.15) is 11.6 Å². The molecule has 1 aliphatic carbocycles. The van der Waals surface area contributed by atoms with Gasteiger partial charge in [0, 0.05) is 23.5 Å². The molecule has 5 nitrogen and oxygen atoms in total. The summed E-state index contributed by atoms with van der Waals surface area (Å²) in [5.74, 6) is 1.71.